The van der Waals surface area contributed by atoms with E-state index in [-0.39, 0.29) is 36.9 Å². The standard InChI is InChI=1S/C16H19F3N2O2.ClH/c17-16(18,19)23-14-4-2-1-3-11(14)5-6-15(22)21-9-12-7-20-8-13(12)10-21;/h1-4,12-13,20H,5-10H2;1H/t12-,13+;. The minimum Gasteiger partial charge on any atom is -0.406 e. The Labute approximate surface area is 144 Å². The van der Waals surface area contributed by atoms with Crippen LogP contribution < -0.4 is 10.1 Å². The summed E-state index contributed by atoms with van der Waals surface area (Å²) in [7, 11) is 0. The van der Waals surface area contributed by atoms with Gasteiger partial charge in [0.25, 0.3) is 0 Å². The van der Waals surface area contributed by atoms with E-state index >= 15 is 0 Å². The number of fused-ring (bicyclic) bond motifs is 1. The summed E-state index contributed by atoms with van der Waals surface area (Å²) in [4.78, 5) is 14.1. The second kappa shape index (κ2) is 7.61. The third-order valence-electron chi connectivity index (χ3n) is 4.55. The summed E-state index contributed by atoms with van der Waals surface area (Å²) in [6.07, 6.45) is -4.28. The number of nitrogens with zero attached hydrogens (tertiary/aromatic N) is 1. The molecule has 2 heterocycles. The summed E-state index contributed by atoms with van der Waals surface area (Å²) in [5.74, 6) is 0.802. The molecule has 1 N–H and O–H groups in total. The highest BCUT2D eigenvalue weighted by atomic mass is 35.5. The van der Waals surface area contributed by atoms with E-state index in [2.05, 4.69) is 10.1 Å². The number of nitrogens with one attached hydrogen (secondary N) is 1. The molecule has 1 aromatic carbocycles. The Morgan fingerprint density at radius 3 is 2.46 bits per heavy atom. The van der Waals surface area contributed by atoms with E-state index in [1.807, 2.05) is 4.90 Å². The topological polar surface area (TPSA) is 41.6 Å². The molecule has 0 unspecified atom stereocenters. The van der Waals surface area contributed by atoms with E-state index < -0.39 is 6.36 Å². The Kier molecular flexibility index (Phi) is 5.98. The van der Waals surface area contributed by atoms with Crippen molar-refractivity contribution in [3.05, 3.63) is 29.8 Å². The Balaban J connectivity index is 0.00000208. The van der Waals surface area contributed by atoms with Gasteiger partial charge >= 0.3 is 6.36 Å². The lowest BCUT2D eigenvalue weighted by atomic mass is 10.0. The van der Waals surface area contributed by atoms with Crippen molar-refractivity contribution in [2.45, 2.75) is 19.2 Å². The normalized spacial score (nSPS) is 22.9. The first-order chi connectivity index (χ1) is 10.9. The molecule has 24 heavy (non-hydrogen) atoms. The molecule has 2 atom stereocenters. The van der Waals surface area contributed by atoms with Crippen molar-refractivity contribution in [3.8, 4) is 5.75 Å². The van der Waals surface area contributed by atoms with Crippen LogP contribution in [0.2, 0.25) is 0 Å². The maximum Gasteiger partial charge on any atom is 0.573 e. The van der Waals surface area contributed by atoms with E-state index in [1.54, 1.807) is 12.1 Å². The number of rotatable bonds is 4. The number of carbonyl (C=O) groups excluding carboxylic acids is 1. The van der Waals surface area contributed by atoms with Crippen LogP contribution in [0.3, 0.4) is 0 Å². The fourth-order valence-electron chi connectivity index (χ4n) is 3.39. The lowest BCUT2D eigenvalue weighted by Gasteiger charge is -2.18. The van der Waals surface area contributed by atoms with Crippen LogP contribution in [0.4, 0.5) is 13.2 Å². The van der Waals surface area contributed by atoms with Crippen molar-refractivity contribution in [2.75, 3.05) is 26.2 Å². The minimum atomic E-state index is -4.72. The minimum absolute atomic E-state index is 0. The molecule has 1 amide bonds. The summed E-state index contributed by atoms with van der Waals surface area (Å²) in [5, 5.41) is 3.31. The van der Waals surface area contributed by atoms with E-state index in [9.17, 15) is 18.0 Å². The highest BCUT2D eigenvalue weighted by molar-refractivity contribution is 5.85. The average molecular weight is 365 g/mol. The van der Waals surface area contributed by atoms with Crippen molar-refractivity contribution < 1.29 is 22.7 Å². The van der Waals surface area contributed by atoms with Crippen molar-refractivity contribution in [1.29, 1.82) is 0 Å². The smallest absolute Gasteiger partial charge is 0.406 e. The molecule has 4 nitrogen and oxygen atoms in total. The van der Waals surface area contributed by atoms with Gasteiger partial charge in [0.1, 0.15) is 5.75 Å². The molecule has 2 saturated heterocycles. The number of amides is 1. The van der Waals surface area contributed by atoms with Crippen molar-refractivity contribution >= 4 is 18.3 Å². The van der Waals surface area contributed by atoms with E-state index in [4.69, 9.17) is 0 Å². The average Bonchev–Trinajstić information content (AvgIpc) is 3.05. The van der Waals surface area contributed by atoms with Crippen LogP contribution in [0, 0.1) is 11.8 Å². The fraction of sp³-hybridized carbons (Fsp3) is 0.562. The number of ether oxygens (including phenoxy) is 1. The van der Waals surface area contributed by atoms with Crippen LogP contribution in [-0.4, -0.2) is 43.3 Å². The zero-order chi connectivity index (χ0) is 16.4. The Morgan fingerprint density at radius 1 is 1.21 bits per heavy atom. The molecule has 2 aliphatic rings. The summed E-state index contributed by atoms with van der Waals surface area (Å²) >= 11 is 0. The second-order valence-electron chi connectivity index (χ2n) is 6.13. The number of para-hydroxylation sites is 1. The molecular formula is C16H20ClF3N2O2. The van der Waals surface area contributed by atoms with Crippen molar-refractivity contribution in [2.24, 2.45) is 11.8 Å². The van der Waals surface area contributed by atoms with Gasteiger partial charge in [-0.15, -0.1) is 25.6 Å². The van der Waals surface area contributed by atoms with Gasteiger partial charge in [-0.25, -0.2) is 0 Å². The van der Waals surface area contributed by atoms with E-state index in [0.717, 1.165) is 26.2 Å². The third kappa shape index (κ3) is 4.54. The van der Waals surface area contributed by atoms with Gasteiger partial charge in [-0.1, -0.05) is 18.2 Å². The molecule has 8 heteroatoms. The van der Waals surface area contributed by atoms with Crippen LogP contribution >= 0.6 is 12.4 Å². The molecule has 2 fully saturated rings. The number of carbonyl (C=O) groups is 1. The first-order valence-electron chi connectivity index (χ1n) is 7.74. The monoisotopic (exact) mass is 364 g/mol. The summed E-state index contributed by atoms with van der Waals surface area (Å²) in [6, 6.07) is 5.98. The molecule has 1 aromatic rings. The van der Waals surface area contributed by atoms with Crippen LogP contribution in [0.5, 0.6) is 5.75 Å². The lowest BCUT2D eigenvalue weighted by molar-refractivity contribution is -0.274. The fourth-order valence-corrected chi connectivity index (χ4v) is 3.39. The zero-order valence-corrected chi connectivity index (χ0v) is 13.8. The Bertz CT molecular complexity index is 571. The van der Waals surface area contributed by atoms with Gasteiger partial charge in [0.2, 0.25) is 5.91 Å². The predicted octanol–water partition coefficient (Wildman–Crippen LogP) is 2.62. The maximum absolute atomic E-state index is 12.4. The number of alkyl halides is 3. The molecule has 0 spiro atoms. The van der Waals surface area contributed by atoms with Gasteiger partial charge in [0.15, 0.2) is 0 Å². The van der Waals surface area contributed by atoms with Gasteiger partial charge in [-0.2, -0.15) is 0 Å². The van der Waals surface area contributed by atoms with Crippen LogP contribution in [-0.2, 0) is 11.2 Å². The zero-order valence-electron chi connectivity index (χ0n) is 13.0. The predicted molar refractivity (Wildman–Crippen MR) is 85.1 cm³/mol. The van der Waals surface area contributed by atoms with Crippen LogP contribution in [0.1, 0.15) is 12.0 Å². The van der Waals surface area contributed by atoms with Gasteiger partial charge < -0.3 is 15.0 Å². The molecule has 134 valence electrons. The molecule has 3 rings (SSSR count). The first kappa shape index (κ1) is 18.9. The quantitative estimate of drug-likeness (QED) is 0.893. The van der Waals surface area contributed by atoms with E-state index in [1.165, 1.54) is 12.1 Å². The Hall–Kier alpha value is -1.47. The molecule has 2 aliphatic heterocycles. The first-order valence-corrected chi connectivity index (χ1v) is 7.74. The summed E-state index contributed by atoms with van der Waals surface area (Å²) in [5.41, 5.74) is 0.402. The SMILES string of the molecule is Cl.O=C(CCc1ccccc1OC(F)(F)F)N1C[C@H]2CNC[C@H]2C1. The molecule has 0 radical (unpaired) electrons. The van der Waals surface area contributed by atoms with Crippen LogP contribution in [0.15, 0.2) is 24.3 Å². The third-order valence-corrected chi connectivity index (χ3v) is 4.55. The number of aryl methyl sites for hydroxylation is 1. The number of hydrogen-bond donors (Lipinski definition) is 1. The highest BCUT2D eigenvalue weighted by Gasteiger charge is 2.38. The van der Waals surface area contributed by atoms with Crippen LogP contribution in [0.25, 0.3) is 0 Å². The molecule has 0 aromatic heterocycles. The van der Waals surface area contributed by atoms with Crippen molar-refractivity contribution in [1.82, 2.24) is 10.2 Å². The molecule has 0 bridgehead atoms. The number of likely N-dealkylation sites (tertiary alicyclic amines) is 1. The van der Waals surface area contributed by atoms with Gasteiger partial charge in [-0.05, 0) is 29.9 Å². The molecule has 0 aliphatic carbocycles. The second-order valence-corrected chi connectivity index (χ2v) is 6.13. The molecule has 0 saturated carbocycles. The number of halogens is 4. The van der Waals surface area contributed by atoms with Gasteiger partial charge in [-0.3, -0.25) is 4.79 Å². The Morgan fingerprint density at radius 2 is 1.83 bits per heavy atom. The van der Waals surface area contributed by atoms with Gasteiger partial charge in [0, 0.05) is 32.6 Å². The largest absolute Gasteiger partial charge is 0.573 e. The summed E-state index contributed by atoms with van der Waals surface area (Å²) in [6.45, 7) is 3.38. The maximum atomic E-state index is 12.4. The number of benzene rings is 1. The molecular weight excluding hydrogens is 345 g/mol. The lowest BCUT2D eigenvalue weighted by Crippen LogP contribution is -2.32. The number of hydrogen-bond acceptors (Lipinski definition) is 3. The highest BCUT2D eigenvalue weighted by Crippen LogP contribution is 2.29. The van der Waals surface area contributed by atoms with Gasteiger partial charge in [0.05, 0.1) is 0 Å². The summed E-state index contributed by atoms with van der Waals surface area (Å²) < 4.78 is 41.2. The van der Waals surface area contributed by atoms with Crippen molar-refractivity contribution in [3.63, 3.8) is 0 Å². The van der Waals surface area contributed by atoms with E-state index in [0.29, 0.717) is 17.4 Å².